The van der Waals surface area contributed by atoms with Crippen molar-refractivity contribution in [1.29, 1.82) is 0 Å². The van der Waals surface area contributed by atoms with Crippen LogP contribution in [0.1, 0.15) is 25.7 Å². The number of hydrogen-bond acceptors (Lipinski definition) is 4. The Morgan fingerprint density at radius 1 is 1.25 bits per heavy atom. The molecule has 8 heteroatoms. The van der Waals surface area contributed by atoms with Crippen LogP contribution in [0.3, 0.4) is 0 Å². The van der Waals surface area contributed by atoms with Gasteiger partial charge in [-0.25, -0.2) is 9.67 Å². The quantitative estimate of drug-likeness (QED) is 0.847. The monoisotopic (exact) mass is 371 g/mol. The molecule has 1 saturated heterocycles. The normalized spacial score (nSPS) is 14.3. The average molecular weight is 372 g/mol. The number of amides is 1. The van der Waals surface area contributed by atoms with Crippen molar-refractivity contribution in [3.8, 4) is 5.82 Å². The number of anilines is 1. The topological polar surface area (TPSA) is 71.8 Å². The van der Waals surface area contributed by atoms with Gasteiger partial charge < -0.3 is 10.6 Å². The van der Waals surface area contributed by atoms with Crippen LogP contribution in [0.15, 0.2) is 36.8 Å². The lowest BCUT2D eigenvalue weighted by Crippen LogP contribution is -2.28. The Labute approximate surface area is 154 Å². The molecule has 0 radical (unpaired) electrons. The molecule has 1 aliphatic heterocycles. The highest BCUT2D eigenvalue weighted by atomic mass is 35.5. The number of hydrogen-bond donors (Lipinski definition) is 2. The van der Waals surface area contributed by atoms with Gasteiger partial charge in [-0.3, -0.25) is 4.79 Å². The second-order valence-corrected chi connectivity index (χ2v) is 5.61. The fourth-order valence-electron chi connectivity index (χ4n) is 2.79. The molecule has 2 N–H and O–H groups in total. The second-order valence-electron chi connectivity index (χ2n) is 5.61. The molecular weight excluding hydrogens is 349 g/mol. The Kier molecular flexibility index (Phi) is 8.74. The summed E-state index contributed by atoms with van der Waals surface area (Å²) >= 11 is 0. The van der Waals surface area contributed by atoms with Gasteiger partial charge in [0.25, 0.3) is 0 Å². The van der Waals surface area contributed by atoms with Crippen molar-refractivity contribution >= 4 is 36.4 Å². The molecule has 0 aliphatic carbocycles. The van der Waals surface area contributed by atoms with E-state index < -0.39 is 0 Å². The summed E-state index contributed by atoms with van der Waals surface area (Å²) in [5, 5.41) is 10.5. The molecule has 1 amide bonds. The van der Waals surface area contributed by atoms with E-state index in [1.54, 1.807) is 17.1 Å². The minimum Gasteiger partial charge on any atom is -0.323 e. The van der Waals surface area contributed by atoms with Crippen molar-refractivity contribution in [2.45, 2.75) is 25.7 Å². The van der Waals surface area contributed by atoms with Gasteiger partial charge in [0.15, 0.2) is 5.82 Å². The van der Waals surface area contributed by atoms with E-state index >= 15 is 0 Å². The first-order valence-electron chi connectivity index (χ1n) is 7.78. The van der Waals surface area contributed by atoms with Crippen molar-refractivity contribution in [1.82, 2.24) is 20.1 Å². The van der Waals surface area contributed by atoms with E-state index in [4.69, 9.17) is 0 Å². The van der Waals surface area contributed by atoms with Crippen LogP contribution in [0.4, 0.5) is 5.69 Å². The zero-order chi connectivity index (χ0) is 15.2. The predicted octanol–water partition coefficient (Wildman–Crippen LogP) is 2.83. The van der Waals surface area contributed by atoms with E-state index in [9.17, 15) is 4.79 Å². The fraction of sp³-hybridized carbons (Fsp3) is 0.438. The van der Waals surface area contributed by atoms with Gasteiger partial charge in [0.1, 0.15) is 0 Å². The van der Waals surface area contributed by atoms with Crippen molar-refractivity contribution in [2.75, 3.05) is 18.4 Å². The third kappa shape index (κ3) is 5.47. The molecular formula is C16H23Cl2N5O. The van der Waals surface area contributed by atoms with Crippen LogP contribution >= 0.6 is 24.8 Å². The van der Waals surface area contributed by atoms with Crippen molar-refractivity contribution < 1.29 is 4.79 Å². The number of halogens is 2. The van der Waals surface area contributed by atoms with Crippen molar-refractivity contribution in [3.05, 3.63) is 36.8 Å². The van der Waals surface area contributed by atoms with Gasteiger partial charge in [0.2, 0.25) is 5.91 Å². The Morgan fingerprint density at radius 3 is 2.75 bits per heavy atom. The largest absolute Gasteiger partial charge is 0.323 e. The van der Waals surface area contributed by atoms with Crippen LogP contribution < -0.4 is 10.6 Å². The summed E-state index contributed by atoms with van der Waals surface area (Å²) in [4.78, 5) is 16.5. The molecule has 0 bridgehead atoms. The average Bonchev–Trinajstić information content (AvgIpc) is 3.09. The van der Waals surface area contributed by atoms with Crippen LogP contribution in [0.5, 0.6) is 0 Å². The van der Waals surface area contributed by atoms with Crippen molar-refractivity contribution in [2.24, 2.45) is 5.92 Å². The van der Waals surface area contributed by atoms with E-state index in [2.05, 4.69) is 20.7 Å². The van der Waals surface area contributed by atoms with E-state index in [0.717, 1.165) is 19.5 Å². The van der Waals surface area contributed by atoms with Crippen LogP contribution in [0, 0.1) is 5.92 Å². The third-order valence-electron chi connectivity index (χ3n) is 4.02. The lowest BCUT2D eigenvalue weighted by atomic mass is 9.93. The fourth-order valence-corrected chi connectivity index (χ4v) is 2.79. The minimum absolute atomic E-state index is 0. The third-order valence-corrected chi connectivity index (χ3v) is 4.02. The van der Waals surface area contributed by atoms with Gasteiger partial charge in [-0.15, -0.1) is 24.8 Å². The first-order chi connectivity index (χ1) is 10.8. The van der Waals surface area contributed by atoms with Gasteiger partial charge in [-0.2, -0.15) is 5.10 Å². The van der Waals surface area contributed by atoms with E-state index in [-0.39, 0.29) is 30.7 Å². The number of carbonyl (C=O) groups excluding carboxylic acids is 1. The lowest BCUT2D eigenvalue weighted by Gasteiger charge is -2.22. The Hall–Kier alpha value is -1.63. The lowest BCUT2D eigenvalue weighted by molar-refractivity contribution is -0.116. The van der Waals surface area contributed by atoms with Crippen LogP contribution in [0.25, 0.3) is 5.82 Å². The molecule has 0 atom stereocenters. The van der Waals surface area contributed by atoms with Gasteiger partial charge in [0, 0.05) is 25.0 Å². The highest BCUT2D eigenvalue weighted by Crippen LogP contribution is 2.20. The molecule has 0 unspecified atom stereocenters. The summed E-state index contributed by atoms with van der Waals surface area (Å²) < 4.78 is 1.66. The van der Waals surface area contributed by atoms with E-state index in [1.807, 2.05) is 24.4 Å². The number of nitrogens with one attached hydrogen (secondary N) is 2. The summed E-state index contributed by atoms with van der Waals surface area (Å²) in [5.74, 6) is 1.34. The smallest absolute Gasteiger partial charge is 0.224 e. The molecule has 0 aromatic carbocycles. The summed E-state index contributed by atoms with van der Waals surface area (Å²) in [7, 11) is 0. The maximum absolute atomic E-state index is 12.2. The molecule has 6 nitrogen and oxygen atoms in total. The van der Waals surface area contributed by atoms with E-state index in [1.165, 1.54) is 12.8 Å². The molecule has 0 saturated carbocycles. The molecule has 1 aliphatic rings. The molecule has 3 heterocycles. The van der Waals surface area contributed by atoms with Gasteiger partial charge in [-0.1, -0.05) is 0 Å². The van der Waals surface area contributed by atoms with Crippen LogP contribution in [-0.2, 0) is 4.79 Å². The summed E-state index contributed by atoms with van der Waals surface area (Å²) in [6.45, 7) is 2.14. The SMILES string of the molecule is Cl.Cl.O=C(CCC1CCNCC1)Nc1cccnc1-n1cccn1. The van der Waals surface area contributed by atoms with E-state index in [0.29, 0.717) is 23.8 Å². The molecule has 132 valence electrons. The highest BCUT2D eigenvalue weighted by Gasteiger charge is 2.15. The predicted molar refractivity (Wildman–Crippen MR) is 99.3 cm³/mol. The van der Waals surface area contributed by atoms with Gasteiger partial charge in [-0.05, 0) is 56.5 Å². The van der Waals surface area contributed by atoms with Crippen molar-refractivity contribution in [3.63, 3.8) is 0 Å². The zero-order valence-corrected chi connectivity index (χ0v) is 15.0. The maximum atomic E-state index is 12.2. The number of carbonyl (C=O) groups is 1. The van der Waals surface area contributed by atoms with Gasteiger partial charge >= 0.3 is 0 Å². The highest BCUT2D eigenvalue weighted by molar-refractivity contribution is 5.92. The Bertz CT molecular complexity index is 615. The standard InChI is InChI=1S/C16H21N5O.2ClH/c22-15(5-4-13-6-10-17-11-7-13)20-14-3-1-8-18-16(14)21-12-2-9-19-21;;/h1-3,8-9,12-13,17H,4-7,10-11H2,(H,20,22);2*1H. The molecule has 2 aromatic rings. The molecule has 1 fully saturated rings. The Morgan fingerprint density at radius 2 is 2.04 bits per heavy atom. The Balaban J connectivity index is 0.00000144. The second kappa shape index (κ2) is 10.3. The van der Waals surface area contributed by atoms with Crippen LogP contribution in [-0.4, -0.2) is 33.8 Å². The number of pyridine rings is 1. The maximum Gasteiger partial charge on any atom is 0.224 e. The summed E-state index contributed by atoms with van der Waals surface area (Å²) in [6, 6.07) is 5.50. The molecule has 3 rings (SSSR count). The number of piperidine rings is 1. The summed E-state index contributed by atoms with van der Waals surface area (Å²) in [6.07, 6.45) is 9.03. The number of aromatic nitrogens is 3. The van der Waals surface area contributed by atoms with Gasteiger partial charge in [0.05, 0.1) is 5.69 Å². The molecule has 0 spiro atoms. The summed E-state index contributed by atoms with van der Waals surface area (Å²) in [5.41, 5.74) is 0.696. The first-order valence-corrected chi connectivity index (χ1v) is 7.78. The molecule has 2 aromatic heterocycles. The zero-order valence-electron chi connectivity index (χ0n) is 13.4. The molecule has 24 heavy (non-hydrogen) atoms. The number of nitrogens with zero attached hydrogens (tertiary/aromatic N) is 3. The van der Waals surface area contributed by atoms with Crippen LogP contribution in [0.2, 0.25) is 0 Å². The number of rotatable bonds is 5. The first kappa shape index (κ1) is 20.4. The minimum atomic E-state index is 0.